The lowest BCUT2D eigenvalue weighted by atomic mass is 10.2. The molecule has 0 aromatic heterocycles. The Balaban J connectivity index is 0.00000385. The summed E-state index contributed by atoms with van der Waals surface area (Å²) in [5.74, 6) is 2.40. The molecule has 1 aliphatic heterocycles. The van der Waals surface area contributed by atoms with Crippen molar-refractivity contribution in [2.45, 2.75) is 13.8 Å². The molecule has 33 heavy (non-hydrogen) atoms. The maximum Gasteiger partial charge on any atom is 0.221 e. The van der Waals surface area contributed by atoms with Gasteiger partial charge in [0.25, 0.3) is 0 Å². The van der Waals surface area contributed by atoms with Crippen LogP contribution in [0.4, 0.5) is 11.4 Å². The number of carbonyl (C=O) groups excluding carboxylic acids is 1. The number of hydrogen-bond donors (Lipinski definition) is 2. The standard InChI is InChI=1S/C24H33N5O3.HI/c1-4-25-24(26-12-17-32-23-7-5-6-20(18-23)27-19(2)30)29-15-13-28(14-16-29)21-8-10-22(31-3)11-9-21;/h5-11,18H,4,12-17H2,1-3H3,(H,25,26)(H,27,30);1H. The second-order valence-corrected chi connectivity index (χ2v) is 7.47. The SMILES string of the molecule is CCNC(=NCCOc1cccc(NC(C)=O)c1)N1CCN(c2ccc(OC)cc2)CC1.I. The molecular weight excluding hydrogens is 533 g/mol. The van der Waals surface area contributed by atoms with E-state index in [1.165, 1.54) is 12.6 Å². The van der Waals surface area contributed by atoms with Crippen LogP contribution >= 0.6 is 24.0 Å². The minimum absolute atomic E-state index is 0. The van der Waals surface area contributed by atoms with E-state index < -0.39 is 0 Å². The van der Waals surface area contributed by atoms with Crippen LogP contribution in [0.5, 0.6) is 11.5 Å². The van der Waals surface area contributed by atoms with E-state index >= 15 is 0 Å². The number of ether oxygens (including phenoxy) is 2. The van der Waals surface area contributed by atoms with Crippen LogP contribution in [-0.4, -0.2) is 69.8 Å². The van der Waals surface area contributed by atoms with Crippen LogP contribution < -0.4 is 25.0 Å². The molecule has 0 unspecified atom stereocenters. The number of nitrogens with zero attached hydrogens (tertiary/aromatic N) is 3. The van der Waals surface area contributed by atoms with Gasteiger partial charge in [0.15, 0.2) is 5.96 Å². The maximum atomic E-state index is 11.2. The van der Waals surface area contributed by atoms with Crippen molar-refractivity contribution in [1.29, 1.82) is 0 Å². The third kappa shape index (κ3) is 8.30. The van der Waals surface area contributed by atoms with Crippen molar-refractivity contribution in [3.8, 4) is 11.5 Å². The number of hydrogen-bond acceptors (Lipinski definition) is 5. The predicted molar refractivity (Wildman–Crippen MR) is 144 cm³/mol. The van der Waals surface area contributed by atoms with Gasteiger partial charge in [-0.3, -0.25) is 4.79 Å². The summed E-state index contributed by atoms with van der Waals surface area (Å²) in [5, 5.41) is 6.15. The zero-order valence-corrected chi connectivity index (χ0v) is 21.9. The van der Waals surface area contributed by atoms with E-state index in [1.807, 2.05) is 36.4 Å². The number of halogens is 1. The predicted octanol–water partition coefficient (Wildman–Crippen LogP) is 3.44. The van der Waals surface area contributed by atoms with Gasteiger partial charge >= 0.3 is 0 Å². The van der Waals surface area contributed by atoms with Gasteiger partial charge in [0.2, 0.25) is 5.91 Å². The van der Waals surface area contributed by atoms with Crippen molar-refractivity contribution in [2.24, 2.45) is 4.99 Å². The monoisotopic (exact) mass is 567 g/mol. The number of anilines is 2. The highest BCUT2D eigenvalue weighted by molar-refractivity contribution is 14.0. The molecule has 8 nitrogen and oxygen atoms in total. The van der Waals surface area contributed by atoms with Crippen molar-refractivity contribution in [1.82, 2.24) is 10.2 Å². The molecule has 0 bridgehead atoms. The largest absolute Gasteiger partial charge is 0.497 e. The van der Waals surface area contributed by atoms with Crippen molar-refractivity contribution in [3.63, 3.8) is 0 Å². The highest BCUT2D eigenvalue weighted by atomic mass is 127. The van der Waals surface area contributed by atoms with Crippen LogP contribution in [0.3, 0.4) is 0 Å². The van der Waals surface area contributed by atoms with Crippen molar-refractivity contribution in [2.75, 3.05) is 63.2 Å². The summed E-state index contributed by atoms with van der Waals surface area (Å²) in [5.41, 5.74) is 1.93. The maximum absolute atomic E-state index is 11.2. The van der Waals surface area contributed by atoms with E-state index in [-0.39, 0.29) is 29.9 Å². The van der Waals surface area contributed by atoms with Gasteiger partial charge in [0.1, 0.15) is 18.1 Å². The second kappa shape index (κ2) is 13.8. The lowest BCUT2D eigenvalue weighted by Crippen LogP contribution is -2.52. The van der Waals surface area contributed by atoms with E-state index in [4.69, 9.17) is 14.5 Å². The van der Waals surface area contributed by atoms with E-state index in [9.17, 15) is 4.79 Å². The average Bonchev–Trinajstić information content (AvgIpc) is 2.81. The summed E-state index contributed by atoms with van der Waals surface area (Å²) < 4.78 is 11.1. The zero-order chi connectivity index (χ0) is 22.8. The Morgan fingerprint density at radius 3 is 2.42 bits per heavy atom. The minimum Gasteiger partial charge on any atom is -0.497 e. The smallest absolute Gasteiger partial charge is 0.221 e. The van der Waals surface area contributed by atoms with Crippen LogP contribution in [0.2, 0.25) is 0 Å². The van der Waals surface area contributed by atoms with Crippen molar-refractivity contribution < 1.29 is 14.3 Å². The summed E-state index contributed by atoms with van der Waals surface area (Å²) in [6, 6.07) is 15.6. The minimum atomic E-state index is -0.103. The highest BCUT2D eigenvalue weighted by Crippen LogP contribution is 2.20. The Morgan fingerprint density at radius 1 is 1.06 bits per heavy atom. The molecule has 1 aliphatic rings. The highest BCUT2D eigenvalue weighted by Gasteiger charge is 2.19. The summed E-state index contributed by atoms with van der Waals surface area (Å²) in [6.45, 7) is 9.06. The van der Waals surface area contributed by atoms with Gasteiger partial charge in [-0.05, 0) is 43.3 Å². The molecule has 1 amide bonds. The summed E-state index contributed by atoms with van der Waals surface area (Å²) in [6.07, 6.45) is 0. The van der Waals surface area contributed by atoms with Crippen LogP contribution in [-0.2, 0) is 4.79 Å². The molecule has 0 radical (unpaired) electrons. The number of rotatable bonds is 8. The number of amides is 1. The van der Waals surface area contributed by atoms with Crippen LogP contribution in [0.1, 0.15) is 13.8 Å². The summed E-state index contributed by atoms with van der Waals surface area (Å²) >= 11 is 0. The van der Waals surface area contributed by atoms with Gasteiger partial charge < -0.3 is 29.9 Å². The Bertz CT molecular complexity index is 899. The van der Waals surface area contributed by atoms with E-state index in [0.717, 1.165) is 50.1 Å². The first-order valence-electron chi connectivity index (χ1n) is 11.0. The van der Waals surface area contributed by atoms with E-state index in [0.29, 0.717) is 18.9 Å². The molecule has 1 fully saturated rings. The Labute approximate surface area is 213 Å². The molecule has 1 heterocycles. The van der Waals surface area contributed by atoms with Crippen molar-refractivity contribution in [3.05, 3.63) is 48.5 Å². The average molecular weight is 567 g/mol. The molecule has 2 N–H and O–H groups in total. The van der Waals surface area contributed by atoms with Crippen LogP contribution in [0, 0.1) is 0 Å². The van der Waals surface area contributed by atoms with Crippen LogP contribution in [0.15, 0.2) is 53.5 Å². The summed E-state index contributed by atoms with van der Waals surface area (Å²) in [7, 11) is 1.68. The molecule has 9 heteroatoms. The fraction of sp³-hybridized carbons (Fsp3) is 0.417. The molecular formula is C24H34IN5O3. The molecule has 180 valence electrons. The normalized spacial score (nSPS) is 13.7. The molecule has 0 spiro atoms. The van der Waals surface area contributed by atoms with Gasteiger partial charge in [0.05, 0.1) is 13.7 Å². The van der Waals surface area contributed by atoms with Gasteiger partial charge in [-0.25, -0.2) is 4.99 Å². The lowest BCUT2D eigenvalue weighted by molar-refractivity contribution is -0.114. The number of benzene rings is 2. The first kappa shape index (κ1) is 26.6. The summed E-state index contributed by atoms with van der Waals surface area (Å²) in [4.78, 5) is 20.6. The van der Waals surface area contributed by atoms with Gasteiger partial charge in [-0.2, -0.15) is 0 Å². The lowest BCUT2D eigenvalue weighted by Gasteiger charge is -2.37. The first-order valence-corrected chi connectivity index (χ1v) is 11.0. The first-order chi connectivity index (χ1) is 15.6. The molecule has 0 saturated carbocycles. The number of guanidine groups is 1. The zero-order valence-electron chi connectivity index (χ0n) is 19.5. The number of methoxy groups -OCH3 is 1. The topological polar surface area (TPSA) is 78.4 Å². The third-order valence-electron chi connectivity index (χ3n) is 5.13. The molecule has 2 aromatic rings. The molecule has 1 saturated heterocycles. The van der Waals surface area contributed by atoms with E-state index in [1.54, 1.807) is 7.11 Å². The Hall–Kier alpha value is -2.69. The number of carbonyl (C=O) groups is 1. The Morgan fingerprint density at radius 2 is 1.79 bits per heavy atom. The molecule has 2 aromatic carbocycles. The van der Waals surface area contributed by atoms with Crippen LogP contribution in [0.25, 0.3) is 0 Å². The molecule has 0 atom stereocenters. The molecule has 3 rings (SSSR count). The van der Waals surface area contributed by atoms with Crippen molar-refractivity contribution >= 4 is 47.2 Å². The fourth-order valence-electron chi connectivity index (χ4n) is 3.58. The molecule has 0 aliphatic carbocycles. The quantitative estimate of drug-likeness (QED) is 0.220. The number of piperazine rings is 1. The van der Waals surface area contributed by atoms with Gasteiger partial charge in [-0.15, -0.1) is 24.0 Å². The second-order valence-electron chi connectivity index (χ2n) is 7.47. The third-order valence-corrected chi connectivity index (χ3v) is 5.13. The van der Waals surface area contributed by atoms with Gasteiger partial charge in [-0.1, -0.05) is 6.07 Å². The Kier molecular flexibility index (Phi) is 11.1. The number of aliphatic imine (C=N–C) groups is 1. The number of nitrogens with one attached hydrogen (secondary N) is 2. The van der Waals surface area contributed by atoms with E-state index in [2.05, 4.69) is 39.5 Å². The fourth-order valence-corrected chi connectivity index (χ4v) is 3.58. The van der Waals surface area contributed by atoms with Gasteiger partial charge in [0, 0.05) is 57.1 Å².